The van der Waals surface area contributed by atoms with E-state index >= 15 is 0 Å². The summed E-state index contributed by atoms with van der Waals surface area (Å²) in [4.78, 5) is 0. The molecule has 0 atom stereocenters. The van der Waals surface area contributed by atoms with Crippen molar-refractivity contribution in [1.82, 2.24) is 5.32 Å². The minimum atomic E-state index is 0.737. The summed E-state index contributed by atoms with van der Waals surface area (Å²) in [5, 5.41) is 3.09. The van der Waals surface area contributed by atoms with Crippen LogP contribution < -0.4 is 14.8 Å². The van der Waals surface area contributed by atoms with E-state index < -0.39 is 0 Å². The van der Waals surface area contributed by atoms with E-state index in [1.165, 1.54) is 0 Å². The van der Waals surface area contributed by atoms with E-state index in [4.69, 9.17) is 9.47 Å². The third kappa shape index (κ3) is 2.19. The molecule has 0 fully saturated rings. The van der Waals surface area contributed by atoms with Crippen molar-refractivity contribution in [2.75, 3.05) is 21.3 Å². The summed E-state index contributed by atoms with van der Waals surface area (Å²) in [5.41, 5.74) is 1.06. The average Bonchev–Trinajstić information content (AvgIpc) is 2.21. The van der Waals surface area contributed by atoms with Gasteiger partial charge in [0.1, 0.15) is 0 Å². The first kappa shape index (κ1) is 11.3. The molecule has 0 saturated heterocycles. The van der Waals surface area contributed by atoms with Crippen LogP contribution in [0.4, 0.5) is 0 Å². The largest absolute Gasteiger partial charge is 0.493 e. The van der Waals surface area contributed by atoms with Gasteiger partial charge < -0.3 is 14.8 Å². The van der Waals surface area contributed by atoms with E-state index in [1.54, 1.807) is 14.2 Å². The second-order valence-corrected chi connectivity index (χ2v) is 3.65. The molecule has 0 spiro atoms. The number of benzene rings is 1. The minimum Gasteiger partial charge on any atom is -0.493 e. The van der Waals surface area contributed by atoms with Gasteiger partial charge in [-0.25, -0.2) is 0 Å². The highest BCUT2D eigenvalue weighted by molar-refractivity contribution is 9.10. The van der Waals surface area contributed by atoms with Crippen LogP contribution in [0.2, 0.25) is 0 Å². The molecule has 1 aromatic carbocycles. The molecule has 0 aromatic heterocycles. The molecule has 0 amide bonds. The lowest BCUT2D eigenvalue weighted by molar-refractivity contribution is 0.350. The molecule has 1 aromatic rings. The van der Waals surface area contributed by atoms with E-state index in [0.29, 0.717) is 0 Å². The van der Waals surface area contributed by atoms with Crippen LogP contribution in [0.3, 0.4) is 0 Å². The Kier molecular flexibility index (Phi) is 4.22. The van der Waals surface area contributed by atoms with Gasteiger partial charge in [-0.15, -0.1) is 0 Å². The van der Waals surface area contributed by atoms with Gasteiger partial charge in [-0.2, -0.15) is 0 Å². The number of rotatable bonds is 4. The molecule has 0 aliphatic heterocycles. The van der Waals surface area contributed by atoms with Crippen LogP contribution in [0.15, 0.2) is 16.6 Å². The maximum atomic E-state index is 5.31. The normalized spacial score (nSPS) is 10.0. The number of hydrogen-bond acceptors (Lipinski definition) is 3. The summed E-state index contributed by atoms with van der Waals surface area (Å²) in [6.45, 7) is 0.737. The Bertz CT molecular complexity index is 315. The number of hydrogen-bond donors (Lipinski definition) is 1. The molecule has 78 valence electrons. The first-order valence-corrected chi connectivity index (χ1v) is 5.07. The van der Waals surface area contributed by atoms with Crippen LogP contribution in [0.5, 0.6) is 11.5 Å². The first-order chi connectivity index (χ1) is 6.74. The van der Waals surface area contributed by atoms with Gasteiger partial charge in [0.15, 0.2) is 11.5 Å². The lowest BCUT2D eigenvalue weighted by atomic mass is 10.2. The lowest BCUT2D eigenvalue weighted by Gasteiger charge is -2.13. The molecule has 0 saturated carbocycles. The highest BCUT2D eigenvalue weighted by Crippen LogP contribution is 2.35. The van der Waals surface area contributed by atoms with E-state index in [0.717, 1.165) is 28.1 Å². The summed E-state index contributed by atoms with van der Waals surface area (Å²) >= 11 is 3.48. The van der Waals surface area contributed by atoms with Gasteiger partial charge in [-0.3, -0.25) is 0 Å². The number of halogens is 1. The molecular weight excluding hydrogens is 246 g/mol. The Balaban J connectivity index is 3.20. The molecule has 0 radical (unpaired) electrons. The molecule has 1 rings (SSSR count). The van der Waals surface area contributed by atoms with E-state index in [1.807, 2.05) is 19.2 Å². The molecule has 14 heavy (non-hydrogen) atoms. The first-order valence-electron chi connectivity index (χ1n) is 4.28. The molecule has 0 aliphatic carbocycles. The van der Waals surface area contributed by atoms with Gasteiger partial charge in [0, 0.05) is 16.6 Å². The molecular formula is C10H14BrNO2. The third-order valence-electron chi connectivity index (χ3n) is 1.94. The van der Waals surface area contributed by atoms with Crippen molar-refractivity contribution in [1.29, 1.82) is 0 Å². The molecule has 0 bridgehead atoms. The topological polar surface area (TPSA) is 30.5 Å². The monoisotopic (exact) mass is 259 g/mol. The van der Waals surface area contributed by atoms with Crippen molar-refractivity contribution in [3.05, 3.63) is 22.2 Å². The Labute approximate surface area is 92.5 Å². The predicted molar refractivity (Wildman–Crippen MR) is 60.0 cm³/mol. The second kappa shape index (κ2) is 5.22. The zero-order valence-electron chi connectivity index (χ0n) is 8.56. The fourth-order valence-electron chi connectivity index (χ4n) is 1.31. The van der Waals surface area contributed by atoms with Gasteiger partial charge in [0.05, 0.1) is 14.2 Å². The van der Waals surface area contributed by atoms with Crippen molar-refractivity contribution in [2.45, 2.75) is 6.54 Å². The van der Waals surface area contributed by atoms with Crippen LogP contribution in [-0.4, -0.2) is 21.3 Å². The Morgan fingerprint density at radius 1 is 1.29 bits per heavy atom. The molecule has 0 aliphatic rings. The highest BCUT2D eigenvalue weighted by Gasteiger charge is 2.12. The Hall–Kier alpha value is -0.740. The van der Waals surface area contributed by atoms with Gasteiger partial charge in [0.2, 0.25) is 0 Å². The minimum absolute atomic E-state index is 0.737. The van der Waals surface area contributed by atoms with Crippen LogP contribution in [0.1, 0.15) is 5.56 Å². The fourth-order valence-corrected chi connectivity index (χ4v) is 1.76. The quantitative estimate of drug-likeness (QED) is 0.900. The number of ether oxygens (including phenoxy) is 2. The molecule has 1 N–H and O–H groups in total. The van der Waals surface area contributed by atoms with Crippen molar-refractivity contribution < 1.29 is 9.47 Å². The maximum absolute atomic E-state index is 5.31. The van der Waals surface area contributed by atoms with Crippen LogP contribution >= 0.6 is 15.9 Å². The molecule has 0 heterocycles. The summed E-state index contributed by atoms with van der Waals surface area (Å²) in [6.07, 6.45) is 0. The van der Waals surface area contributed by atoms with Gasteiger partial charge in [-0.05, 0) is 19.2 Å². The summed E-state index contributed by atoms with van der Waals surface area (Å²) in [5.74, 6) is 1.53. The molecule has 0 unspecified atom stereocenters. The van der Waals surface area contributed by atoms with Crippen molar-refractivity contribution in [3.63, 3.8) is 0 Å². The highest BCUT2D eigenvalue weighted by atomic mass is 79.9. The Morgan fingerprint density at radius 3 is 2.50 bits per heavy atom. The zero-order chi connectivity index (χ0) is 10.6. The van der Waals surface area contributed by atoms with E-state index in [2.05, 4.69) is 21.2 Å². The van der Waals surface area contributed by atoms with Crippen molar-refractivity contribution in [2.24, 2.45) is 0 Å². The van der Waals surface area contributed by atoms with Gasteiger partial charge in [0.25, 0.3) is 0 Å². The summed E-state index contributed by atoms with van der Waals surface area (Å²) in [6, 6.07) is 3.83. The summed E-state index contributed by atoms with van der Waals surface area (Å²) in [7, 11) is 5.17. The van der Waals surface area contributed by atoms with Crippen LogP contribution in [0, 0.1) is 0 Å². The van der Waals surface area contributed by atoms with Crippen LogP contribution in [0.25, 0.3) is 0 Å². The van der Waals surface area contributed by atoms with Crippen molar-refractivity contribution >= 4 is 15.9 Å². The smallest absolute Gasteiger partial charge is 0.166 e. The lowest BCUT2D eigenvalue weighted by Crippen LogP contribution is -2.08. The number of methoxy groups -OCH3 is 2. The van der Waals surface area contributed by atoms with Gasteiger partial charge in [-0.1, -0.05) is 15.9 Å². The standard InChI is InChI=1S/C10H14BrNO2/c1-12-6-7-8(11)4-5-9(13-2)10(7)14-3/h4-5,12H,6H2,1-3H3. The fraction of sp³-hybridized carbons (Fsp3) is 0.400. The van der Waals surface area contributed by atoms with Crippen LogP contribution in [-0.2, 0) is 6.54 Å². The third-order valence-corrected chi connectivity index (χ3v) is 2.69. The van der Waals surface area contributed by atoms with Crippen molar-refractivity contribution in [3.8, 4) is 11.5 Å². The predicted octanol–water partition coefficient (Wildman–Crippen LogP) is 2.19. The Morgan fingerprint density at radius 2 is 2.00 bits per heavy atom. The van der Waals surface area contributed by atoms with Gasteiger partial charge >= 0.3 is 0 Å². The molecule has 4 heteroatoms. The maximum Gasteiger partial charge on any atom is 0.166 e. The molecule has 3 nitrogen and oxygen atoms in total. The summed E-state index contributed by atoms with van der Waals surface area (Å²) < 4.78 is 11.5. The second-order valence-electron chi connectivity index (χ2n) is 2.79. The van der Waals surface area contributed by atoms with E-state index in [9.17, 15) is 0 Å². The number of nitrogens with one attached hydrogen (secondary N) is 1. The SMILES string of the molecule is CNCc1c(Br)ccc(OC)c1OC. The average molecular weight is 260 g/mol. The van der Waals surface area contributed by atoms with E-state index in [-0.39, 0.29) is 0 Å². The zero-order valence-corrected chi connectivity index (χ0v) is 10.1.